The normalized spacial score (nSPS) is 17.0. The van der Waals surface area contributed by atoms with E-state index in [1.807, 2.05) is 78.2 Å². The fourth-order valence-corrected chi connectivity index (χ4v) is 6.62. The molecule has 0 spiro atoms. The van der Waals surface area contributed by atoms with Crippen molar-refractivity contribution in [2.24, 2.45) is 11.8 Å². The molecule has 0 radical (unpaired) electrons. The molecule has 0 fully saturated rings. The average Bonchev–Trinajstić information content (AvgIpc) is 3.45. The van der Waals surface area contributed by atoms with Gasteiger partial charge in [-0.15, -0.1) is 23.1 Å². The quantitative estimate of drug-likeness (QED) is 0.127. The minimum Gasteiger partial charge on any atom is -0.481 e. The number of hydrogen-bond donors (Lipinski definition) is 3. The average molecular weight is 649 g/mol. The number of aliphatic carboxylic acids is 1. The second kappa shape index (κ2) is 13.3. The van der Waals surface area contributed by atoms with Crippen molar-refractivity contribution in [1.82, 2.24) is 4.98 Å². The van der Waals surface area contributed by atoms with Crippen molar-refractivity contribution >= 4 is 67.6 Å². The molecule has 1 aliphatic carbocycles. The topological polar surface area (TPSA) is 108 Å². The Bertz CT molecular complexity index is 1570. The minimum absolute atomic E-state index is 0.217. The Morgan fingerprint density at radius 1 is 0.927 bits per heavy atom. The van der Waals surface area contributed by atoms with Gasteiger partial charge in [-0.1, -0.05) is 76.6 Å². The summed E-state index contributed by atoms with van der Waals surface area (Å²) in [6, 6.07) is 24.5. The Morgan fingerprint density at radius 2 is 1.66 bits per heavy atom. The number of nitrogens with zero attached hydrogens (tertiary/aromatic N) is 1. The van der Waals surface area contributed by atoms with Gasteiger partial charge in [-0.25, -0.2) is 4.98 Å². The van der Waals surface area contributed by atoms with Gasteiger partial charge in [-0.2, -0.15) is 0 Å². The molecule has 5 rings (SSSR count). The number of amides is 2. The Kier molecular flexibility index (Phi) is 9.33. The molecule has 7 nitrogen and oxygen atoms in total. The van der Waals surface area contributed by atoms with E-state index >= 15 is 0 Å². The van der Waals surface area contributed by atoms with Crippen LogP contribution < -0.4 is 10.6 Å². The highest BCUT2D eigenvalue weighted by molar-refractivity contribution is 9.10. The van der Waals surface area contributed by atoms with E-state index in [0.29, 0.717) is 23.7 Å². The molecule has 0 bridgehead atoms. The largest absolute Gasteiger partial charge is 0.481 e. The summed E-state index contributed by atoms with van der Waals surface area (Å²) in [7, 11) is 0. The van der Waals surface area contributed by atoms with Gasteiger partial charge in [0, 0.05) is 26.0 Å². The molecular formula is C31H26BrN3O4S2. The van der Waals surface area contributed by atoms with Crippen LogP contribution in [0.3, 0.4) is 0 Å². The monoisotopic (exact) mass is 647 g/mol. The molecule has 208 valence electrons. The number of carbonyl (C=O) groups is 3. The molecule has 0 aliphatic heterocycles. The molecule has 2 amide bonds. The summed E-state index contributed by atoms with van der Waals surface area (Å²) in [5.74, 6) is -2.91. The maximum Gasteiger partial charge on any atom is 0.307 e. The molecule has 41 heavy (non-hydrogen) atoms. The van der Waals surface area contributed by atoms with Crippen LogP contribution in [0.5, 0.6) is 0 Å². The van der Waals surface area contributed by atoms with Gasteiger partial charge in [0.25, 0.3) is 0 Å². The Labute approximate surface area is 254 Å². The molecule has 4 aromatic rings. The van der Waals surface area contributed by atoms with E-state index in [4.69, 9.17) is 0 Å². The Morgan fingerprint density at radius 3 is 2.39 bits per heavy atom. The van der Waals surface area contributed by atoms with Crippen LogP contribution in [0.25, 0.3) is 11.3 Å². The Balaban J connectivity index is 1.32. The zero-order chi connectivity index (χ0) is 28.8. The SMILES string of the molecule is O=C(Nc1nc(-c2ccc(Br)cc2)cs1)C(Sc1cccc(NC(=O)C2CC=CCC2C(=O)O)c1)c1ccccc1. The number of thiazole rings is 1. The smallest absolute Gasteiger partial charge is 0.307 e. The van der Waals surface area contributed by atoms with Crippen molar-refractivity contribution < 1.29 is 19.5 Å². The number of anilines is 2. The molecule has 1 aliphatic rings. The fraction of sp³-hybridized carbons (Fsp3) is 0.161. The van der Waals surface area contributed by atoms with E-state index in [1.54, 1.807) is 18.2 Å². The molecule has 0 saturated heterocycles. The summed E-state index contributed by atoms with van der Waals surface area (Å²) in [5, 5.41) is 17.2. The van der Waals surface area contributed by atoms with Crippen LogP contribution in [0.1, 0.15) is 23.7 Å². The van der Waals surface area contributed by atoms with Crippen LogP contribution in [0, 0.1) is 11.8 Å². The minimum atomic E-state index is -0.972. The molecule has 10 heteroatoms. The first kappa shape index (κ1) is 28.8. The van der Waals surface area contributed by atoms with Gasteiger partial charge in [0.05, 0.1) is 17.5 Å². The first-order valence-electron chi connectivity index (χ1n) is 12.9. The lowest BCUT2D eigenvalue weighted by Crippen LogP contribution is -2.34. The summed E-state index contributed by atoms with van der Waals surface area (Å²) < 4.78 is 0.979. The van der Waals surface area contributed by atoms with E-state index in [-0.39, 0.29) is 11.8 Å². The first-order chi connectivity index (χ1) is 19.9. The van der Waals surface area contributed by atoms with E-state index in [2.05, 4.69) is 31.5 Å². The lowest BCUT2D eigenvalue weighted by Gasteiger charge is -2.24. The second-order valence-electron chi connectivity index (χ2n) is 9.45. The number of allylic oxidation sites excluding steroid dienone is 2. The van der Waals surface area contributed by atoms with E-state index in [0.717, 1.165) is 26.2 Å². The fourth-order valence-electron chi connectivity index (χ4n) is 4.55. The highest BCUT2D eigenvalue weighted by Gasteiger charge is 2.34. The number of carboxylic acid groups (broad SMARTS) is 1. The molecule has 1 heterocycles. The van der Waals surface area contributed by atoms with Crippen LogP contribution in [-0.2, 0) is 14.4 Å². The van der Waals surface area contributed by atoms with Gasteiger partial charge in [-0.3, -0.25) is 14.4 Å². The number of thioether (sulfide) groups is 1. The third-order valence-corrected chi connectivity index (χ3v) is 9.19. The van der Waals surface area contributed by atoms with E-state index in [1.165, 1.54) is 23.1 Å². The van der Waals surface area contributed by atoms with Gasteiger partial charge >= 0.3 is 5.97 Å². The number of carbonyl (C=O) groups excluding carboxylic acids is 2. The zero-order valence-corrected chi connectivity index (χ0v) is 24.9. The predicted molar refractivity (Wildman–Crippen MR) is 167 cm³/mol. The van der Waals surface area contributed by atoms with Crippen LogP contribution >= 0.6 is 39.0 Å². The maximum absolute atomic E-state index is 13.6. The summed E-state index contributed by atoms with van der Waals surface area (Å²) in [6.45, 7) is 0. The number of benzene rings is 3. The second-order valence-corrected chi connectivity index (χ2v) is 12.4. The van der Waals surface area contributed by atoms with Crippen LogP contribution in [0.4, 0.5) is 10.8 Å². The number of nitrogens with one attached hydrogen (secondary N) is 2. The van der Waals surface area contributed by atoms with E-state index in [9.17, 15) is 19.5 Å². The molecule has 0 saturated carbocycles. The standard InChI is InChI=1S/C31H26BrN3O4S2/c32-21-15-13-19(14-16-21)26-18-40-31(34-26)35-29(37)27(20-7-2-1-3-8-20)41-23-10-6-9-22(17-23)33-28(36)24-11-4-5-12-25(24)30(38)39/h1-10,13-18,24-25,27H,11-12H2,(H,33,36)(H,38,39)(H,34,35,37). The molecule has 3 N–H and O–H groups in total. The number of halogens is 1. The van der Waals surface area contributed by atoms with Crippen LogP contribution in [0.2, 0.25) is 0 Å². The lowest BCUT2D eigenvalue weighted by molar-refractivity contribution is -0.146. The highest BCUT2D eigenvalue weighted by atomic mass is 79.9. The first-order valence-corrected chi connectivity index (χ1v) is 15.5. The zero-order valence-electron chi connectivity index (χ0n) is 21.7. The van der Waals surface area contributed by atoms with E-state index < -0.39 is 23.1 Å². The summed E-state index contributed by atoms with van der Waals surface area (Å²) in [6.07, 6.45) is 4.37. The maximum atomic E-state index is 13.6. The van der Waals surface area contributed by atoms with Gasteiger partial charge in [0.2, 0.25) is 11.8 Å². The molecule has 1 aromatic heterocycles. The lowest BCUT2D eigenvalue weighted by atomic mass is 9.82. The summed E-state index contributed by atoms with van der Waals surface area (Å²) >= 11 is 6.16. The number of rotatable bonds is 9. The predicted octanol–water partition coefficient (Wildman–Crippen LogP) is 7.65. The van der Waals surface area contributed by atoms with Crippen LogP contribution in [0.15, 0.2) is 106 Å². The van der Waals surface area contributed by atoms with Crippen molar-refractivity contribution in [2.45, 2.75) is 23.0 Å². The van der Waals surface area contributed by atoms with Gasteiger partial charge in [-0.05, 0) is 48.7 Å². The number of aromatic nitrogens is 1. The number of hydrogen-bond acceptors (Lipinski definition) is 6. The van der Waals surface area contributed by atoms with Crippen molar-refractivity contribution in [1.29, 1.82) is 0 Å². The van der Waals surface area contributed by atoms with Gasteiger partial charge in [0.1, 0.15) is 5.25 Å². The molecule has 3 aromatic carbocycles. The molecule has 3 atom stereocenters. The summed E-state index contributed by atoms with van der Waals surface area (Å²) in [5.41, 5.74) is 3.11. The number of carboxylic acids is 1. The molecular weight excluding hydrogens is 622 g/mol. The Hall–Kier alpha value is -3.73. The molecule has 3 unspecified atom stereocenters. The van der Waals surface area contributed by atoms with Crippen molar-refractivity contribution in [2.75, 3.05) is 10.6 Å². The van der Waals surface area contributed by atoms with Crippen molar-refractivity contribution in [3.8, 4) is 11.3 Å². The highest BCUT2D eigenvalue weighted by Crippen LogP contribution is 2.38. The van der Waals surface area contributed by atoms with Gasteiger partial charge < -0.3 is 15.7 Å². The van der Waals surface area contributed by atoms with Crippen molar-refractivity contribution in [3.05, 3.63) is 106 Å². The van der Waals surface area contributed by atoms with Crippen molar-refractivity contribution in [3.63, 3.8) is 0 Å². The third-order valence-electron chi connectivity index (χ3n) is 6.66. The van der Waals surface area contributed by atoms with Crippen LogP contribution in [-0.4, -0.2) is 27.9 Å². The third kappa shape index (κ3) is 7.32. The van der Waals surface area contributed by atoms with Gasteiger partial charge in [0.15, 0.2) is 5.13 Å². The summed E-state index contributed by atoms with van der Waals surface area (Å²) in [4.78, 5) is 43.6.